The highest BCUT2D eigenvalue weighted by Gasteiger charge is 2.15. The Balaban J connectivity index is 2.16. The standard InChI is InChI=1S/C15H17N3O2/c1-10(11-5-7-17-8-6-11)18-15(19)13-4-3-12(16)9-14(13)20-2/h3-10H,16H2,1-2H3,(H,18,19)/t10-/m1/s1. The monoisotopic (exact) mass is 271 g/mol. The molecule has 0 unspecified atom stereocenters. The number of hydrogen-bond acceptors (Lipinski definition) is 4. The van der Waals surface area contributed by atoms with Crippen LogP contribution in [-0.4, -0.2) is 18.0 Å². The minimum absolute atomic E-state index is 0.118. The van der Waals surface area contributed by atoms with Gasteiger partial charge in [-0.1, -0.05) is 0 Å². The lowest BCUT2D eigenvalue weighted by Crippen LogP contribution is -2.27. The van der Waals surface area contributed by atoms with Crippen LogP contribution in [0.15, 0.2) is 42.7 Å². The van der Waals surface area contributed by atoms with Gasteiger partial charge in [0, 0.05) is 24.1 Å². The van der Waals surface area contributed by atoms with E-state index in [2.05, 4.69) is 10.3 Å². The van der Waals surface area contributed by atoms with E-state index < -0.39 is 0 Å². The fraction of sp³-hybridized carbons (Fsp3) is 0.200. The molecule has 1 aromatic carbocycles. The van der Waals surface area contributed by atoms with Crippen molar-refractivity contribution in [3.05, 3.63) is 53.9 Å². The Bertz CT molecular complexity index is 599. The number of nitrogen functional groups attached to an aromatic ring is 1. The third kappa shape index (κ3) is 3.06. The van der Waals surface area contributed by atoms with Crippen molar-refractivity contribution in [3.8, 4) is 5.75 Å². The van der Waals surface area contributed by atoms with Crippen LogP contribution in [0.1, 0.15) is 28.9 Å². The van der Waals surface area contributed by atoms with Crippen molar-refractivity contribution in [2.45, 2.75) is 13.0 Å². The summed E-state index contributed by atoms with van der Waals surface area (Å²) in [6.45, 7) is 1.91. The summed E-state index contributed by atoms with van der Waals surface area (Å²) in [6.07, 6.45) is 3.39. The van der Waals surface area contributed by atoms with Crippen LogP contribution in [0, 0.1) is 0 Å². The molecule has 104 valence electrons. The van der Waals surface area contributed by atoms with Crippen molar-refractivity contribution in [2.24, 2.45) is 0 Å². The minimum atomic E-state index is -0.203. The molecule has 5 heteroatoms. The van der Waals surface area contributed by atoms with E-state index in [0.29, 0.717) is 17.0 Å². The smallest absolute Gasteiger partial charge is 0.255 e. The predicted molar refractivity (Wildman–Crippen MR) is 77.5 cm³/mol. The zero-order valence-corrected chi connectivity index (χ0v) is 11.5. The summed E-state index contributed by atoms with van der Waals surface area (Å²) in [7, 11) is 1.51. The Hall–Kier alpha value is -2.56. The van der Waals surface area contributed by atoms with Gasteiger partial charge < -0.3 is 15.8 Å². The zero-order chi connectivity index (χ0) is 14.5. The van der Waals surface area contributed by atoms with Crippen LogP contribution in [0.25, 0.3) is 0 Å². The first-order valence-electron chi connectivity index (χ1n) is 6.26. The molecule has 0 aliphatic rings. The molecule has 1 heterocycles. The van der Waals surface area contributed by atoms with Gasteiger partial charge in [0.1, 0.15) is 5.75 Å². The highest BCUT2D eigenvalue weighted by Crippen LogP contribution is 2.22. The number of ether oxygens (including phenoxy) is 1. The summed E-state index contributed by atoms with van der Waals surface area (Å²) < 4.78 is 5.18. The first-order chi connectivity index (χ1) is 9.61. The van der Waals surface area contributed by atoms with E-state index in [1.807, 2.05) is 19.1 Å². The molecule has 0 saturated carbocycles. The van der Waals surface area contributed by atoms with E-state index in [0.717, 1.165) is 5.56 Å². The fourth-order valence-corrected chi connectivity index (χ4v) is 1.91. The number of aromatic nitrogens is 1. The van der Waals surface area contributed by atoms with Gasteiger partial charge in [0.2, 0.25) is 0 Å². The second-order valence-corrected chi connectivity index (χ2v) is 4.44. The van der Waals surface area contributed by atoms with Crippen molar-refractivity contribution < 1.29 is 9.53 Å². The summed E-state index contributed by atoms with van der Waals surface area (Å²) >= 11 is 0. The number of carbonyl (C=O) groups excluding carboxylic acids is 1. The average molecular weight is 271 g/mol. The second-order valence-electron chi connectivity index (χ2n) is 4.44. The molecule has 0 saturated heterocycles. The SMILES string of the molecule is COc1cc(N)ccc1C(=O)N[C@H](C)c1ccncc1. The first-order valence-corrected chi connectivity index (χ1v) is 6.26. The number of nitrogens with two attached hydrogens (primary N) is 1. The number of nitrogens with one attached hydrogen (secondary N) is 1. The number of pyridine rings is 1. The first kappa shape index (κ1) is 13.9. The van der Waals surface area contributed by atoms with Gasteiger partial charge in [-0.05, 0) is 36.8 Å². The van der Waals surface area contributed by atoms with Crippen LogP contribution in [0.3, 0.4) is 0 Å². The van der Waals surface area contributed by atoms with Gasteiger partial charge in [0.05, 0.1) is 18.7 Å². The Morgan fingerprint density at radius 1 is 1.30 bits per heavy atom. The van der Waals surface area contributed by atoms with E-state index in [1.54, 1.807) is 30.6 Å². The maximum Gasteiger partial charge on any atom is 0.255 e. The highest BCUT2D eigenvalue weighted by molar-refractivity contribution is 5.97. The zero-order valence-electron chi connectivity index (χ0n) is 11.5. The molecule has 0 bridgehead atoms. The van der Waals surface area contributed by atoms with Crippen LogP contribution >= 0.6 is 0 Å². The number of amides is 1. The third-order valence-electron chi connectivity index (χ3n) is 3.02. The van der Waals surface area contributed by atoms with Gasteiger partial charge in [-0.2, -0.15) is 0 Å². The molecule has 3 N–H and O–H groups in total. The van der Waals surface area contributed by atoms with Crippen LogP contribution in [-0.2, 0) is 0 Å². The van der Waals surface area contributed by atoms with Crippen molar-refractivity contribution in [1.82, 2.24) is 10.3 Å². The van der Waals surface area contributed by atoms with Gasteiger partial charge in [-0.15, -0.1) is 0 Å². The molecule has 2 aromatic rings. The Morgan fingerprint density at radius 2 is 2.00 bits per heavy atom. The molecule has 1 aromatic heterocycles. The molecule has 2 rings (SSSR count). The van der Waals surface area contributed by atoms with Crippen LogP contribution in [0.2, 0.25) is 0 Å². The van der Waals surface area contributed by atoms with E-state index in [4.69, 9.17) is 10.5 Å². The van der Waals surface area contributed by atoms with Gasteiger partial charge in [0.25, 0.3) is 5.91 Å². The quantitative estimate of drug-likeness (QED) is 0.835. The maximum absolute atomic E-state index is 12.3. The topological polar surface area (TPSA) is 77.2 Å². The lowest BCUT2D eigenvalue weighted by atomic mass is 10.1. The largest absolute Gasteiger partial charge is 0.496 e. The van der Waals surface area contributed by atoms with E-state index in [1.165, 1.54) is 7.11 Å². The lowest BCUT2D eigenvalue weighted by Gasteiger charge is -2.15. The number of benzene rings is 1. The lowest BCUT2D eigenvalue weighted by molar-refractivity contribution is 0.0937. The molecule has 20 heavy (non-hydrogen) atoms. The van der Waals surface area contributed by atoms with Gasteiger partial charge >= 0.3 is 0 Å². The van der Waals surface area contributed by atoms with Crippen molar-refractivity contribution in [2.75, 3.05) is 12.8 Å². The van der Waals surface area contributed by atoms with E-state index in [9.17, 15) is 4.79 Å². The van der Waals surface area contributed by atoms with Crippen molar-refractivity contribution in [3.63, 3.8) is 0 Å². The molecular formula is C15H17N3O2. The average Bonchev–Trinajstić information content (AvgIpc) is 2.47. The molecule has 0 fully saturated rings. The molecule has 0 spiro atoms. The van der Waals surface area contributed by atoms with Gasteiger partial charge in [0.15, 0.2) is 0 Å². The Kier molecular flexibility index (Phi) is 4.20. The van der Waals surface area contributed by atoms with E-state index in [-0.39, 0.29) is 11.9 Å². The number of methoxy groups -OCH3 is 1. The molecular weight excluding hydrogens is 254 g/mol. The highest BCUT2D eigenvalue weighted by atomic mass is 16.5. The Labute approximate surface area is 117 Å². The number of carbonyl (C=O) groups is 1. The van der Waals surface area contributed by atoms with Crippen molar-refractivity contribution >= 4 is 11.6 Å². The number of hydrogen-bond donors (Lipinski definition) is 2. The molecule has 0 aliphatic carbocycles. The number of rotatable bonds is 4. The number of anilines is 1. The van der Waals surface area contributed by atoms with Gasteiger partial charge in [-0.25, -0.2) is 0 Å². The summed E-state index contributed by atoms with van der Waals surface area (Å²) in [5, 5.41) is 2.92. The molecule has 5 nitrogen and oxygen atoms in total. The number of nitrogens with zero attached hydrogens (tertiary/aromatic N) is 1. The van der Waals surface area contributed by atoms with Gasteiger partial charge in [-0.3, -0.25) is 9.78 Å². The van der Waals surface area contributed by atoms with Crippen LogP contribution in [0.4, 0.5) is 5.69 Å². The van der Waals surface area contributed by atoms with Crippen LogP contribution < -0.4 is 15.8 Å². The Morgan fingerprint density at radius 3 is 2.65 bits per heavy atom. The summed E-state index contributed by atoms with van der Waals surface area (Å²) in [5.41, 5.74) is 7.68. The molecule has 0 aliphatic heterocycles. The fourth-order valence-electron chi connectivity index (χ4n) is 1.91. The third-order valence-corrected chi connectivity index (χ3v) is 3.02. The summed E-state index contributed by atoms with van der Waals surface area (Å²) in [4.78, 5) is 16.2. The summed E-state index contributed by atoms with van der Waals surface area (Å²) in [6, 6.07) is 8.58. The molecule has 1 amide bonds. The molecule has 0 radical (unpaired) electrons. The normalized spacial score (nSPS) is 11.7. The van der Waals surface area contributed by atoms with E-state index >= 15 is 0 Å². The summed E-state index contributed by atoms with van der Waals surface area (Å²) in [5.74, 6) is 0.260. The maximum atomic E-state index is 12.3. The predicted octanol–water partition coefficient (Wildman–Crippen LogP) is 2.16. The second kappa shape index (κ2) is 6.06. The van der Waals surface area contributed by atoms with Crippen LogP contribution in [0.5, 0.6) is 5.75 Å². The van der Waals surface area contributed by atoms with Crippen molar-refractivity contribution in [1.29, 1.82) is 0 Å². The molecule has 1 atom stereocenters. The minimum Gasteiger partial charge on any atom is -0.496 e.